The van der Waals surface area contributed by atoms with Crippen LogP contribution in [0.2, 0.25) is 0 Å². The largest absolute Gasteiger partial charge is 0.468 e. The Morgan fingerprint density at radius 1 is 0.815 bits per heavy atom. The maximum Gasteiger partial charge on any atom is 0.323 e. The van der Waals surface area contributed by atoms with E-state index in [1.165, 1.54) is 7.11 Å². The lowest BCUT2D eigenvalue weighted by Crippen LogP contribution is -2.63. The van der Waals surface area contributed by atoms with Crippen molar-refractivity contribution in [1.82, 2.24) is 4.90 Å². The first-order valence-electron chi connectivity index (χ1n) is 9.29. The lowest BCUT2D eigenvalue weighted by atomic mass is 9.72. The molecule has 136 valence electrons. The van der Waals surface area contributed by atoms with Gasteiger partial charge in [-0.05, 0) is 23.1 Å². The second-order valence-electron chi connectivity index (χ2n) is 6.83. The first-order valence-corrected chi connectivity index (χ1v) is 9.29. The van der Waals surface area contributed by atoms with Crippen LogP contribution in [0.5, 0.6) is 0 Å². The number of benzene rings is 3. The van der Waals surface area contributed by atoms with Gasteiger partial charge in [0.1, 0.15) is 6.04 Å². The second-order valence-corrected chi connectivity index (χ2v) is 6.83. The van der Waals surface area contributed by atoms with E-state index < -0.39 is 5.54 Å². The lowest BCUT2D eigenvalue weighted by Gasteiger charge is -2.53. The molecule has 1 aliphatic heterocycles. The summed E-state index contributed by atoms with van der Waals surface area (Å²) in [6.07, 6.45) is 0.806. The quantitative estimate of drug-likeness (QED) is 0.506. The van der Waals surface area contributed by atoms with Crippen LogP contribution >= 0.6 is 0 Å². The van der Waals surface area contributed by atoms with Crippen molar-refractivity contribution in [2.45, 2.75) is 18.0 Å². The monoisotopic (exact) mass is 357 g/mol. The average molecular weight is 357 g/mol. The topological polar surface area (TPSA) is 29.5 Å². The number of ether oxygens (including phenoxy) is 1. The van der Waals surface area contributed by atoms with Crippen LogP contribution in [0.3, 0.4) is 0 Å². The van der Waals surface area contributed by atoms with Gasteiger partial charge in [-0.1, -0.05) is 91.0 Å². The summed E-state index contributed by atoms with van der Waals surface area (Å²) in [6, 6.07) is 31.0. The number of methoxy groups -OCH3 is 1. The number of rotatable bonds is 5. The van der Waals surface area contributed by atoms with E-state index in [9.17, 15) is 4.79 Å². The molecule has 1 heterocycles. The van der Waals surface area contributed by atoms with Crippen molar-refractivity contribution in [2.75, 3.05) is 13.7 Å². The highest BCUT2D eigenvalue weighted by molar-refractivity contribution is 5.77. The van der Waals surface area contributed by atoms with Gasteiger partial charge in [0.2, 0.25) is 0 Å². The second kappa shape index (κ2) is 7.37. The SMILES string of the molecule is COC(=O)C1CCN1C(c1ccccc1)(c1ccccc1)c1ccccc1. The fraction of sp³-hybridized carbons (Fsp3) is 0.208. The zero-order chi connectivity index (χ0) is 18.7. The third-order valence-corrected chi connectivity index (χ3v) is 5.50. The third-order valence-electron chi connectivity index (χ3n) is 5.50. The molecule has 3 aromatic rings. The summed E-state index contributed by atoms with van der Waals surface area (Å²) < 4.78 is 5.11. The summed E-state index contributed by atoms with van der Waals surface area (Å²) in [7, 11) is 1.47. The Morgan fingerprint density at radius 3 is 1.52 bits per heavy atom. The summed E-state index contributed by atoms with van der Waals surface area (Å²) in [4.78, 5) is 14.8. The molecule has 0 N–H and O–H groups in total. The van der Waals surface area contributed by atoms with Crippen molar-refractivity contribution < 1.29 is 9.53 Å². The number of hydrogen-bond donors (Lipinski definition) is 0. The molecule has 27 heavy (non-hydrogen) atoms. The molecule has 0 amide bonds. The zero-order valence-corrected chi connectivity index (χ0v) is 15.4. The van der Waals surface area contributed by atoms with Gasteiger partial charge >= 0.3 is 5.97 Å². The van der Waals surface area contributed by atoms with Gasteiger partial charge in [0.05, 0.1) is 12.6 Å². The average Bonchev–Trinajstić information content (AvgIpc) is 2.72. The number of hydrogen-bond acceptors (Lipinski definition) is 3. The Balaban J connectivity index is 2.00. The smallest absolute Gasteiger partial charge is 0.323 e. The van der Waals surface area contributed by atoms with E-state index in [0.717, 1.165) is 29.7 Å². The zero-order valence-electron chi connectivity index (χ0n) is 15.4. The predicted molar refractivity (Wildman–Crippen MR) is 106 cm³/mol. The molecule has 1 atom stereocenters. The molecule has 0 aliphatic carbocycles. The minimum Gasteiger partial charge on any atom is -0.468 e. The summed E-state index contributed by atoms with van der Waals surface area (Å²) in [5, 5.41) is 0. The van der Waals surface area contributed by atoms with Gasteiger partial charge in [0.15, 0.2) is 0 Å². The van der Waals surface area contributed by atoms with Crippen LogP contribution in [0.25, 0.3) is 0 Å². The number of esters is 1. The van der Waals surface area contributed by atoms with Crippen molar-refractivity contribution in [3.8, 4) is 0 Å². The molecule has 0 radical (unpaired) electrons. The van der Waals surface area contributed by atoms with Gasteiger partial charge in [0.25, 0.3) is 0 Å². The van der Waals surface area contributed by atoms with E-state index in [1.54, 1.807) is 0 Å². The number of carbonyl (C=O) groups is 1. The molecule has 3 aromatic carbocycles. The molecule has 0 aromatic heterocycles. The maximum atomic E-state index is 12.5. The van der Waals surface area contributed by atoms with E-state index in [2.05, 4.69) is 77.7 Å². The van der Waals surface area contributed by atoms with Crippen LogP contribution in [-0.4, -0.2) is 30.6 Å². The molecular weight excluding hydrogens is 334 g/mol. The van der Waals surface area contributed by atoms with Gasteiger partial charge < -0.3 is 4.74 Å². The highest BCUT2D eigenvalue weighted by Gasteiger charge is 2.51. The van der Waals surface area contributed by atoms with Crippen molar-refractivity contribution in [3.63, 3.8) is 0 Å². The van der Waals surface area contributed by atoms with Crippen molar-refractivity contribution in [1.29, 1.82) is 0 Å². The minimum atomic E-state index is -0.541. The molecule has 0 spiro atoms. The summed E-state index contributed by atoms with van der Waals surface area (Å²) in [5.41, 5.74) is 2.91. The molecular formula is C24H23NO2. The summed E-state index contributed by atoms with van der Waals surface area (Å²) in [5.74, 6) is -0.173. The van der Waals surface area contributed by atoms with Crippen LogP contribution in [0.1, 0.15) is 23.1 Å². The lowest BCUT2D eigenvalue weighted by molar-refractivity contribution is -0.155. The molecule has 1 unspecified atom stereocenters. The summed E-state index contributed by atoms with van der Waals surface area (Å²) in [6.45, 7) is 0.832. The van der Waals surface area contributed by atoms with Gasteiger partial charge in [-0.15, -0.1) is 0 Å². The normalized spacial score (nSPS) is 17.1. The van der Waals surface area contributed by atoms with Crippen LogP contribution in [0.4, 0.5) is 0 Å². The van der Waals surface area contributed by atoms with Gasteiger partial charge in [-0.3, -0.25) is 9.69 Å². The minimum absolute atomic E-state index is 0.173. The van der Waals surface area contributed by atoms with E-state index in [1.807, 2.05) is 18.2 Å². The van der Waals surface area contributed by atoms with Crippen molar-refractivity contribution in [2.24, 2.45) is 0 Å². The van der Waals surface area contributed by atoms with Gasteiger partial charge in [-0.2, -0.15) is 0 Å². The molecule has 3 heteroatoms. The molecule has 1 fully saturated rings. The van der Waals surface area contributed by atoms with Crippen molar-refractivity contribution >= 4 is 5.97 Å². The maximum absolute atomic E-state index is 12.5. The van der Waals surface area contributed by atoms with E-state index in [0.29, 0.717) is 0 Å². The molecule has 1 aliphatic rings. The molecule has 3 nitrogen and oxygen atoms in total. The summed E-state index contributed by atoms with van der Waals surface area (Å²) >= 11 is 0. The molecule has 4 rings (SSSR count). The fourth-order valence-corrected chi connectivity index (χ4v) is 4.21. The van der Waals surface area contributed by atoms with Crippen LogP contribution in [0.15, 0.2) is 91.0 Å². The van der Waals surface area contributed by atoms with Gasteiger partial charge in [0, 0.05) is 6.54 Å². The Hall–Kier alpha value is -2.91. The van der Waals surface area contributed by atoms with Gasteiger partial charge in [-0.25, -0.2) is 0 Å². The van der Waals surface area contributed by atoms with Crippen LogP contribution in [0, 0.1) is 0 Å². The van der Waals surface area contributed by atoms with E-state index in [-0.39, 0.29) is 12.0 Å². The first kappa shape index (κ1) is 17.5. The Morgan fingerprint density at radius 2 is 1.22 bits per heavy atom. The van der Waals surface area contributed by atoms with Crippen molar-refractivity contribution in [3.05, 3.63) is 108 Å². The number of likely N-dealkylation sites (tertiary alicyclic amines) is 1. The predicted octanol–water partition coefficient (Wildman–Crippen LogP) is 4.23. The molecule has 1 saturated heterocycles. The Kier molecular flexibility index (Phi) is 4.78. The van der Waals surface area contributed by atoms with Crippen LogP contribution < -0.4 is 0 Å². The molecule has 0 bridgehead atoms. The van der Waals surface area contributed by atoms with E-state index in [4.69, 9.17) is 4.74 Å². The highest BCUT2D eigenvalue weighted by Crippen LogP contribution is 2.46. The van der Waals surface area contributed by atoms with E-state index >= 15 is 0 Å². The Labute approximate surface area is 160 Å². The highest BCUT2D eigenvalue weighted by atomic mass is 16.5. The Bertz CT molecular complexity index is 797. The fourth-order valence-electron chi connectivity index (χ4n) is 4.21. The first-order chi connectivity index (χ1) is 13.3. The standard InChI is InChI=1S/C24H23NO2/c1-27-23(26)22-17-18-25(22)24(19-11-5-2-6-12-19,20-13-7-3-8-14-20)21-15-9-4-10-16-21/h2-16,22H,17-18H2,1H3. The third kappa shape index (κ3) is 2.84. The number of nitrogens with zero attached hydrogens (tertiary/aromatic N) is 1. The number of carbonyl (C=O) groups excluding carboxylic acids is 1. The van der Waals surface area contributed by atoms with Crippen LogP contribution in [-0.2, 0) is 15.1 Å². The molecule has 0 saturated carbocycles.